The lowest BCUT2D eigenvalue weighted by Crippen LogP contribution is -2.25. The lowest BCUT2D eigenvalue weighted by molar-refractivity contribution is -0.121. The summed E-state index contributed by atoms with van der Waals surface area (Å²) in [5, 5.41) is 2.49. The number of hydrogen-bond donors (Lipinski definition) is 1. The largest absolute Gasteiger partial charge is 0.457 e. The van der Waals surface area contributed by atoms with Crippen LogP contribution in [0, 0.1) is 0 Å². The molecule has 106 valence electrons. The van der Waals surface area contributed by atoms with E-state index in [-0.39, 0.29) is 11.6 Å². The zero-order valence-electron chi connectivity index (χ0n) is 11.1. The van der Waals surface area contributed by atoms with Crippen LogP contribution in [0.4, 0.5) is 4.79 Å². The van der Waals surface area contributed by atoms with Crippen molar-refractivity contribution in [3.8, 4) is 11.3 Å². The molecule has 2 heterocycles. The summed E-state index contributed by atoms with van der Waals surface area (Å²) < 4.78 is 6.66. The van der Waals surface area contributed by atoms with Gasteiger partial charge in [-0.25, -0.2) is 4.79 Å². The van der Waals surface area contributed by atoms with E-state index in [1.807, 2.05) is 30.3 Å². The first-order valence-electron chi connectivity index (χ1n) is 6.21. The molecule has 21 heavy (non-hydrogen) atoms. The molecule has 2 aromatic rings. The summed E-state index contributed by atoms with van der Waals surface area (Å²) in [6, 6.07) is 10.8. The Morgan fingerprint density at radius 3 is 2.48 bits per heavy atom. The molecular formula is C15H11BrN2O3. The Bertz CT molecular complexity index is 747. The SMILES string of the molecule is CN1C(=O)N/C(=C\c2ccc(-c3ccc(Br)cc3)o2)C1=O. The number of rotatable bonds is 2. The van der Waals surface area contributed by atoms with E-state index in [1.54, 1.807) is 6.07 Å². The van der Waals surface area contributed by atoms with Gasteiger partial charge in [0, 0.05) is 23.2 Å². The maximum absolute atomic E-state index is 11.8. The van der Waals surface area contributed by atoms with E-state index in [0.29, 0.717) is 11.5 Å². The molecule has 0 atom stereocenters. The Hall–Kier alpha value is -2.34. The van der Waals surface area contributed by atoms with Crippen molar-refractivity contribution in [2.75, 3.05) is 7.05 Å². The summed E-state index contributed by atoms with van der Waals surface area (Å²) in [6.45, 7) is 0. The van der Waals surface area contributed by atoms with Gasteiger partial charge in [0.2, 0.25) is 0 Å². The minimum Gasteiger partial charge on any atom is -0.457 e. The van der Waals surface area contributed by atoms with Crippen molar-refractivity contribution in [1.82, 2.24) is 10.2 Å². The first-order valence-corrected chi connectivity index (χ1v) is 7.00. The van der Waals surface area contributed by atoms with Crippen molar-refractivity contribution in [1.29, 1.82) is 0 Å². The second kappa shape index (κ2) is 5.21. The van der Waals surface area contributed by atoms with Gasteiger partial charge in [-0.05, 0) is 24.3 Å². The molecule has 1 aliphatic rings. The molecule has 1 fully saturated rings. The Kier molecular flexibility index (Phi) is 3.39. The zero-order valence-corrected chi connectivity index (χ0v) is 12.7. The monoisotopic (exact) mass is 346 g/mol. The molecule has 6 heteroatoms. The molecule has 1 aliphatic heterocycles. The van der Waals surface area contributed by atoms with Crippen molar-refractivity contribution >= 4 is 33.9 Å². The average molecular weight is 347 g/mol. The summed E-state index contributed by atoms with van der Waals surface area (Å²) in [5.74, 6) is 0.827. The fraction of sp³-hybridized carbons (Fsp3) is 0.0667. The van der Waals surface area contributed by atoms with Crippen LogP contribution in [0.15, 0.2) is 51.0 Å². The van der Waals surface area contributed by atoms with Crippen molar-refractivity contribution in [3.63, 3.8) is 0 Å². The van der Waals surface area contributed by atoms with Gasteiger partial charge in [-0.15, -0.1) is 0 Å². The second-order valence-electron chi connectivity index (χ2n) is 4.56. The maximum Gasteiger partial charge on any atom is 0.328 e. The van der Waals surface area contributed by atoms with Crippen LogP contribution in [0.5, 0.6) is 0 Å². The van der Waals surface area contributed by atoms with E-state index in [2.05, 4.69) is 21.2 Å². The molecular weight excluding hydrogens is 336 g/mol. The standard InChI is InChI=1S/C15H11BrN2O3/c1-18-14(19)12(17-15(18)20)8-11-6-7-13(21-11)9-2-4-10(16)5-3-9/h2-8H,1H3,(H,17,20)/b12-8-. The van der Waals surface area contributed by atoms with Crippen molar-refractivity contribution in [2.45, 2.75) is 0 Å². The van der Waals surface area contributed by atoms with Crippen LogP contribution in [-0.2, 0) is 4.79 Å². The van der Waals surface area contributed by atoms with E-state index in [4.69, 9.17) is 4.42 Å². The Morgan fingerprint density at radius 2 is 1.86 bits per heavy atom. The summed E-state index contributed by atoms with van der Waals surface area (Å²) in [6.07, 6.45) is 1.52. The number of nitrogens with zero attached hydrogens (tertiary/aromatic N) is 1. The van der Waals surface area contributed by atoms with E-state index in [9.17, 15) is 9.59 Å². The van der Waals surface area contributed by atoms with Crippen LogP contribution in [0.25, 0.3) is 17.4 Å². The summed E-state index contributed by atoms with van der Waals surface area (Å²) in [5.41, 5.74) is 1.14. The van der Waals surface area contributed by atoms with E-state index in [0.717, 1.165) is 14.9 Å². The van der Waals surface area contributed by atoms with Crippen LogP contribution in [0.2, 0.25) is 0 Å². The van der Waals surface area contributed by atoms with Crippen LogP contribution < -0.4 is 5.32 Å². The smallest absolute Gasteiger partial charge is 0.328 e. The minimum atomic E-state index is -0.439. The molecule has 1 saturated heterocycles. The fourth-order valence-electron chi connectivity index (χ4n) is 1.97. The van der Waals surface area contributed by atoms with Crippen molar-refractivity contribution in [2.24, 2.45) is 0 Å². The number of nitrogens with one attached hydrogen (secondary N) is 1. The third-order valence-electron chi connectivity index (χ3n) is 3.12. The molecule has 5 nitrogen and oxygen atoms in total. The highest BCUT2D eigenvalue weighted by atomic mass is 79.9. The molecule has 0 saturated carbocycles. The Balaban J connectivity index is 1.87. The number of halogens is 1. The number of hydrogen-bond acceptors (Lipinski definition) is 3. The molecule has 3 amide bonds. The normalized spacial score (nSPS) is 16.7. The fourth-order valence-corrected chi connectivity index (χ4v) is 2.23. The van der Waals surface area contributed by atoms with Gasteiger partial charge < -0.3 is 9.73 Å². The first-order chi connectivity index (χ1) is 10.0. The van der Waals surface area contributed by atoms with Gasteiger partial charge in [-0.3, -0.25) is 9.69 Å². The second-order valence-corrected chi connectivity index (χ2v) is 5.48. The molecule has 1 aromatic carbocycles. The topological polar surface area (TPSA) is 62.6 Å². The van der Waals surface area contributed by atoms with Crippen molar-refractivity contribution < 1.29 is 14.0 Å². The van der Waals surface area contributed by atoms with Gasteiger partial charge in [0.05, 0.1) is 0 Å². The van der Waals surface area contributed by atoms with Gasteiger partial charge >= 0.3 is 6.03 Å². The summed E-state index contributed by atoms with van der Waals surface area (Å²) in [7, 11) is 1.42. The number of urea groups is 1. The Morgan fingerprint density at radius 1 is 1.14 bits per heavy atom. The molecule has 0 radical (unpaired) electrons. The number of imide groups is 1. The van der Waals surface area contributed by atoms with Gasteiger partial charge in [-0.2, -0.15) is 0 Å². The number of likely N-dealkylation sites (N-methyl/N-ethyl adjacent to an activating group) is 1. The van der Waals surface area contributed by atoms with E-state index in [1.165, 1.54) is 13.1 Å². The first kappa shape index (κ1) is 13.6. The van der Waals surface area contributed by atoms with Gasteiger partial charge in [0.25, 0.3) is 5.91 Å². The number of benzene rings is 1. The number of carbonyl (C=O) groups excluding carboxylic acids is 2. The van der Waals surface area contributed by atoms with Crippen LogP contribution in [-0.4, -0.2) is 23.9 Å². The van der Waals surface area contributed by atoms with Crippen molar-refractivity contribution in [3.05, 3.63) is 52.3 Å². The summed E-state index contributed by atoms with van der Waals surface area (Å²) >= 11 is 3.38. The molecule has 1 N–H and O–H groups in total. The highest BCUT2D eigenvalue weighted by Gasteiger charge is 2.30. The van der Waals surface area contributed by atoms with Crippen LogP contribution in [0.3, 0.4) is 0 Å². The lowest BCUT2D eigenvalue weighted by Gasteiger charge is -1.99. The van der Waals surface area contributed by atoms with Crippen LogP contribution in [0.1, 0.15) is 5.76 Å². The zero-order chi connectivity index (χ0) is 15.0. The Labute approximate surface area is 129 Å². The van der Waals surface area contributed by atoms with E-state index >= 15 is 0 Å². The lowest BCUT2D eigenvalue weighted by atomic mass is 10.2. The third-order valence-corrected chi connectivity index (χ3v) is 3.65. The highest BCUT2D eigenvalue weighted by Crippen LogP contribution is 2.25. The maximum atomic E-state index is 11.8. The summed E-state index contributed by atoms with van der Waals surface area (Å²) in [4.78, 5) is 24.1. The average Bonchev–Trinajstić information content (AvgIpc) is 3.02. The number of furan rings is 1. The van der Waals surface area contributed by atoms with Gasteiger partial charge in [0.15, 0.2) is 0 Å². The molecule has 0 spiro atoms. The predicted octanol–water partition coefficient (Wildman–Crippen LogP) is 3.23. The molecule has 1 aromatic heterocycles. The number of carbonyl (C=O) groups is 2. The third kappa shape index (κ3) is 2.62. The quantitative estimate of drug-likeness (QED) is 0.670. The molecule has 0 aliphatic carbocycles. The predicted molar refractivity (Wildman–Crippen MR) is 81.1 cm³/mol. The van der Waals surface area contributed by atoms with Crippen LogP contribution >= 0.6 is 15.9 Å². The molecule has 0 bridgehead atoms. The molecule has 3 rings (SSSR count). The van der Waals surface area contributed by atoms with Gasteiger partial charge in [0.1, 0.15) is 17.2 Å². The van der Waals surface area contributed by atoms with E-state index < -0.39 is 6.03 Å². The molecule has 0 unspecified atom stereocenters. The minimum absolute atomic E-state index is 0.208. The number of amides is 3. The van der Waals surface area contributed by atoms with Gasteiger partial charge in [-0.1, -0.05) is 28.1 Å². The highest BCUT2D eigenvalue weighted by molar-refractivity contribution is 9.10.